The van der Waals surface area contributed by atoms with Gasteiger partial charge in [0.15, 0.2) is 0 Å². The van der Waals surface area contributed by atoms with Crippen LogP contribution in [0.15, 0.2) is 22.6 Å². The van der Waals surface area contributed by atoms with Crippen LogP contribution in [0.5, 0.6) is 0 Å². The number of thiophene rings is 1. The van der Waals surface area contributed by atoms with Crippen LogP contribution in [-0.4, -0.2) is 18.2 Å². The lowest BCUT2D eigenvalue weighted by molar-refractivity contribution is -0.119. The molecule has 0 saturated heterocycles. The van der Waals surface area contributed by atoms with E-state index in [9.17, 15) is 4.79 Å². The highest BCUT2D eigenvalue weighted by molar-refractivity contribution is 7.10. The molecule has 2 rings (SSSR count). The predicted octanol–water partition coefficient (Wildman–Crippen LogP) is 0.275. The Morgan fingerprint density at radius 1 is 1.69 bits per heavy atom. The summed E-state index contributed by atoms with van der Waals surface area (Å²) in [6.07, 6.45) is 1.72. The van der Waals surface area contributed by atoms with E-state index in [1.807, 2.05) is 17.5 Å². The average molecular weight is 195 g/mol. The molecular formula is C8H9N3OS. The monoisotopic (exact) mass is 195 g/mol. The molecule has 1 aromatic heterocycles. The minimum absolute atomic E-state index is 0.00231. The van der Waals surface area contributed by atoms with Crippen LogP contribution >= 0.6 is 11.3 Å². The normalized spacial score (nSPS) is 25.8. The number of hydrogen-bond donors (Lipinski definition) is 2. The Morgan fingerprint density at radius 2 is 2.54 bits per heavy atom. The Hall–Kier alpha value is -1.36. The molecular weight excluding hydrogens is 186 g/mol. The van der Waals surface area contributed by atoms with Crippen LogP contribution in [0, 0.1) is 0 Å². The second-order valence-electron chi connectivity index (χ2n) is 2.83. The van der Waals surface area contributed by atoms with E-state index in [1.165, 1.54) is 0 Å². The van der Waals surface area contributed by atoms with Gasteiger partial charge in [0.25, 0.3) is 0 Å². The second kappa shape index (κ2) is 3.18. The van der Waals surface area contributed by atoms with Crippen molar-refractivity contribution in [3.63, 3.8) is 0 Å². The zero-order valence-corrected chi connectivity index (χ0v) is 7.62. The van der Waals surface area contributed by atoms with Crippen molar-refractivity contribution >= 4 is 23.5 Å². The van der Waals surface area contributed by atoms with E-state index in [4.69, 9.17) is 5.73 Å². The zero-order chi connectivity index (χ0) is 9.26. The van der Waals surface area contributed by atoms with Gasteiger partial charge in [-0.2, -0.15) is 5.10 Å². The molecule has 0 radical (unpaired) electrons. The first kappa shape index (κ1) is 8.25. The molecule has 3 N–H and O–H groups in total. The number of nitrogens with two attached hydrogens (primary N) is 1. The Labute approximate surface area is 79.4 Å². The molecule has 1 aromatic rings. The number of carbonyl (C=O) groups excluding carboxylic acids is 1. The van der Waals surface area contributed by atoms with Crippen LogP contribution in [0.1, 0.15) is 10.8 Å². The van der Waals surface area contributed by atoms with Gasteiger partial charge in [-0.15, -0.1) is 11.3 Å². The molecule has 0 saturated carbocycles. The minimum Gasteiger partial charge on any atom is -0.368 e. The van der Waals surface area contributed by atoms with Gasteiger partial charge >= 0.3 is 0 Å². The summed E-state index contributed by atoms with van der Waals surface area (Å²) in [6, 6.07) is 3.53. The summed E-state index contributed by atoms with van der Waals surface area (Å²) in [7, 11) is 0. The quantitative estimate of drug-likeness (QED) is 0.711. The summed E-state index contributed by atoms with van der Waals surface area (Å²) in [6.45, 7) is 0. The summed E-state index contributed by atoms with van der Waals surface area (Å²) < 4.78 is 0. The number of nitrogens with one attached hydrogen (secondary N) is 1. The standard InChI is InChI=1S/C8H9N3OS/c9-8(12)7-5(4-10-11-7)6-2-1-3-13-6/h1-5,7,11H,(H2,9,12). The van der Waals surface area contributed by atoms with E-state index in [2.05, 4.69) is 10.5 Å². The van der Waals surface area contributed by atoms with Crippen LogP contribution < -0.4 is 11.2 Å². The van der Waals surface area contributed by atoms with E-state index in [-0.39, 0.29) is 11.8 Å². The lowest BCUT2D eigenvalue weighted by Crippen LogP contribution is -2.39. The molecule has 0 aromatic carbocycles. The van der Waals surface area contributed by atoms with Gasteiger partial charge in [0.1, 0.15) is 6.04 Å². The molecule has 2 unspecified atom stereocenters. The lowest BCUT2D eigenvalue weighted by atomic mass is 10.0. The average Bonchev–Trinajstić information content (AvgIpc) is 2.74. The van der Waals surface area contributed by atoms with Crippen molar-refractivity contribution in [3.8, 4) is 0 Å². The first-order valence-electron chi connectivity index (χ1n) is 3.90. The number of carbonyl (C=O) groups is 1. The van der Waals surface area contributed by atoms with Crippen molar-refractivity contribution in [2.75, 3.05) is 0 Å². The highest BCUT2D eigenvalue weighted by Gasteiger charge is 2.30. The highest BCUT2D eigenvalue weighted by atomic mass is 32.1. The van der Waals surface area contributed by atoms with E-state index in [1.54, 1.807) is 17.6 Å². The number of rotatable bonds is 2. The first-order chi connectivity index (χ1) is 6.29. The Bertz CT molecular complexity index is 333. The molecule has 4 nitrogen and oxygen atoms in total. The van der Waals surface area contributed by atoms with Crippen LogP contribution in [0.4, 0.5) is 0 Å². The molecule has 1 aliphatic heterocycles. The lowest BCUT2D eigenvalue weighted by Gasteiger charge is -2.12. The third-order valence-corrected chi connectivity index (χ3v) is 2.96. The van der Waals surface area contributed by atoms with Crippen LogP contribution in [0.2, 0.25) is 0 Å². The van der Waals surface area contributed by atoms with Gasteiger partial charge in [0.05, 0.1) is 5.92 Å². The first-order valence-corrected chi connectivity index (χ1v) is 4.78. The second-order valence-corrected chi connectivity index (χ2v) is 3.81. The highest BCUT2D eigenvalue weighted by Crippen LogP contribution is 2.25. The molecule has 1 aliphatic rings. The Kier molecular flexibility index (Phi) is 2.02. The number of primary amides is 1. The van der Waals surface area contributed by atoms with Crippen molar-refractivity contribution in [3.05, 3.63) is 22.4 Å². The number of nitrogens with zero attached hydrogens (tertiary/aromatic N) is 1. The number of hydrazone groups is 1. The molecule has 2 heterocycles. The molecule has 13 heavy (non-hydrogen) atoms. The summed E-state index contributed by atoms with van der Waals surface area (Å²) in [5, 5.41) is 5.83. The largest absolute Gasteiger partial charge is 0.368 e. The molecule has 68 valence electrons. The molecule has 5 heteroatoms. The molecule has 0 aliphatic carbocycles. The smallest absolute Gasteiger partial charge is 0.242 e. The van der Waals surface area contributed by atoms with Gasteiger partial charge in [-0.3, -0.25) is 10.2 Å². The Morgan fingerprint density at radius 3 is 3.15 bits per heavy atom. The number of amides is 1. The van der Waals surface area contributed by atoms with Crippen molar-refractivity contribution in [1.82, 2.24) is 5.43 Å². The van der Waals surface area contributed by atoms with E-state index >= 15 is 0 Å². The van der Waals surface area contributed by atoms with Crippen LogP contribution in [-0.2, 0) is 4.79 Å². The summed E-state index contributed by atoms with van der Waals surface area (Å²) >= 11 is 1.60. The minimum atomic E-state index is -0.390. The van der Waals surface area contributed by atoms with Crippen molar-refractivity contribution in [1.29, 1.82) is 0 Å². The van der Waals surface area contributed by atoms with E-state index < -0.39 is 6.04 Å². The Balaban J connectivity index is 2.23. The summed E-state index contributed by atoms with van der Waals surface area (Å²) in [5.74, 6) is -0.367. The third-order valence-electron chi connectivity index (χ3n) is 1.99. The topological polar surface area (TPSA) is 67.5 Å². The van der Waals surface area contributed by atoms with Gasteiger partial charge < -0.3 is 5.73 Å². The molecule has 0 fully saturated rings. The van der Waals surface area contributed by atoms with Crippen molar-refractivity contribution in [2.24, 2.45) is 10.8 Å². The van der Waals surface area contributed by atoms with Gasteiger partial charge in [0, 0.05) is 11.1 Å². The fraction of sp³-hybridized carbons (Fsp3) is 0.250. The van der Waals surface area contributed by atoms with E-state index in [0.717, 1.165) is 4.88 Å². The van der Waals surface area contributed by atoms with Gasteiger partial charge in [-0.05, 0) is 11.4 Å². The molecule has 0 spiro atoms. The third kappa shape index (κ3) is 1.42. The molecule has 2 atom stereocenters. The maximum Gasteiger partial charge on any atom is 0.242 e. The van der Waals surface area contributed by atoms with E-state index in [0.29, 0.717) is 0 Å². The van der Waals surface area contributed by atoms with Gasteiger partial charge in [0.2, 0.25) is 5.91 Å². The number of hydrogen-bond acceptors (Lipinski definition) is 4. The SMILES string of the molecule is NC(=O)C1NN=CC1c1cccs1. The predicted molar refractivity (Wildman–Crippen MR) is 51.7 cm³/mol. The maximum absolute atomic E-state index is 11.0. The van der Waals surface area contributed by atoms with Gasteiger partial charge in [-0.1, -0.05) is 6.07 Å². The summed E-state index contributed by atoms with van der Waals surface area (Å²) in [4.78, 5) is 12.1. The molecule has 1 amide bonds. The van der Waals surface area contributed by atoms with Crippen LogP contribution in [0.25, 0.3) is 0 Å². The van der Waals surface area contributed by atoms with Crippen LogP contribution in [0.3, 0.4) is 0 Å². The fourth-order valence-electron chi connectivity index (χ4n) is 1.33. The van der Waals surface area contributed by atoms with Crippen molar-refractivity contribution in [2.45, 2.75) is 12.0 Å². The molecule has 0 bridgehead atoms. The fourth-order valence-corrected chi connectivity index (χ4v) is 2.15. The summed E-state index contributed by atoms with van der Waals surface area (Å²) in [5.41, 5.74) is 7.91. The zero-order valence-electron chi connectivity index (χ0n) is 6.81. The van der Waals surface area contributed by atoms with Crippen molar-refractivity contribution < 1.29 is 4.79 Å². The van der Waals surface area contributed by atoms with Gasteiger partial charge in [-0.25, -0.2) is 0 Å². The maximum atomic E-state index is 11.0.